The van der Waals surface area contributed by atoms with Crippen molar-refractivity contribution in [2.45, 2.75) is 37.9 Å². The van der Waals surface area contributed by atoms with E-state index in [4.69, 9.17) is 10.5 Å². The molecule has 2 aliphatic heterocycles. The molecule has 0 bridgehead atoms. The Labute approximate surface area is 256 Å². The number of anilines is 1. The zero-order chi connectivity index (χ0) is 30.6. The van der Waals surface area contributed by atoms with Crippen molar-refractivity contribution in [2.75, 3.05) is 32.0 Å². The molecule has 6 rings (SSSR count). The average Bonchev–Trinajstić information content (AvgIpc) is 3.80. The van der Waals surface area contributed by atoms with Crippen LogP contribution in [0.5, 0.6) is 11.5 Å². The molecule has 2 saturated heterocycles. The number of carbonyl (C=O) groups excluding carboxylic acids is 2. The fourth-order valence-electron chi connectivity index (χ4n) is 5.90. The smallest absolute Gasteiger partial charge is 0.255 e. The fraction of sp³-hybridized carbons (Fsp3) is 0.333. The number of ether oxygens (including phenoxy) is 1. The molecule has 44 heavy (non-hydrogen) atoms. The van der Waals surface area contributed by atoms with Gasteiger partial charge in [0, 0.05) is 67.8 Å². The van der Waals surface area contributed by atoms with E-state index in [0.29, 0.717) is 42.1 Å². The van der Waals surface area contributed by atoms with Gasteiger partial charge >= 0.3 is 0 Å². The van der Waals surface area contributed by atoms with Gasteiger partial charge in [0.2, 0.25) is 0 Å². The van der Waals surface area contributed by atoms with Crippen LogP contribution in [0.4, 0.5) is 5.82 Å². The van der Waals surface area contributed by atoms with Crippen LogP contribution in [0, 0.1) is 0 Å². The Morgan fingerprint density at radius 2 is 1.77 bits per heavy atom. The predicted octanol–water partition coefficient (Wildman–Crippen LogP) is 3.46. The number of likely N-dealkylation sites (tertiary alicyclic amines) is 2. The van der Waals surface area contributed by atoms with E-state index in [1.165, 1.54) is 5.56 Å². The Hall–Kier alpha value is -4.74. The maximum absolute atomic E-state index is 13.2. The average molecular weight is 596 g/mol. The van der Waals surface area contributed by atoms with Gasteiger partial charge in [-0.05, 0) is 73.8 Å². The van der Waals surface area contributed by atoms with E-state index in [1.807, 2.05) is 37.5 Å². The van der Waals surface area contributed by atoms with Gasteiger partial charge in [0.05, 0.1) is 18.4 Å². The van der Waals surface area contributed by atoms with E-state index in [2.05, 4.69) is 20.3 Å². The van der Waals surface area contributed by atoms with Crippen LogP contribution < -0.4 is 15.8 Å². The van der Waals surface area contributed by atoms with Crippen LogP contribution in [-0.4, -0.2) is 79.8 Å². The van der Waals surface area contributed by atoms with Crippen LogP contribution in [0.1, 0.15) is 45.5 Å². The summed E-state index contributed by atoms with van der Waals surface area (Å²) in [5, 5.41) is 16.7. The molecule has 2 fully saturated rings. The number of nitrogens with zero attached hydrogens (tertiary/aromatic N) is 5. The number of hydrogen-bond donors (Lipinski definition) is 3. The Morgan fingerprint density at radius 1 is 1.02 bits per heavy atom. The summed E-state index contributed by atoms with van der Waals surface area (Å²) in [6.07, 6.45) is 7.97. The number of aliphatic hydroxyl groups excluding tert-OH is 1. The molecular weight excluding hydrogens is 558 g/mol. The predicted molar refractivity (Wildman–Crippen MR) is 166 cm³/mol. The van der Waals surface area contributed by atoms with E-state index in [0.717, 1.165) is 37.1 Å². The van der Waals surface area contributed by atoms with Crippen molar-refractivity contribution in [2.24, 2.45) is 7.05 Å². The van der Waals surface area contributed by atoms with Gasteiger partial charge in [-0.15, -0.1) is 0 Å². The quantitative estimate of drug-likeness (QED) is 0.268. The molecule has 228 valence electrons. The fourth-order valence-corrected chi connectivity index (χ4v) is 5.90. The number of pyridine rings is 1. The van der Waals surface area contributed by atoms with Crippen LogP contribution in [0.3, 0.4) is 0 Å². The summed E-state index contributed by atoms with van der Waals surface area (Å²) in [4.78, 5) is 34.6. The molecule has 0 saturated carbocycles. The van der Waals surface area contributed by atoms with E-state index < -0.39 is 0 Å². The number of aliphatic hydroxyl groups is 1. The summed E-state index contributed by atoms with van der Waals surface area (Å²) in [7, 11) is 1.82. The summed E-state index contributed by atoms with van der Waals surface area (Å²) < 4.78 is 7.69. The normalized spacial score (nSPS) is 18.5. The molecular formula is C33H37N7O4. The third-order valence-electron chi connectivity index (χ3n) is 8.37. The van der Waals surface area contributed by atoms with E-state index in [-0.39, 0.29) is 36.3 Å². The number of nitrogens with two attached hydrogens (primary N) is 1. The minimum absolute atomic E-state index is 0.0968. The summed E-state index contributed by atoms with van der Waals surface area (Å²) in [5.74, 6) is 1.09. The molecule has 4 aromatic rings. The van der Waals surface area contributed by atoms with Crippen LogP contribution in [-0.2, 0) is 13.6 Å². The molecule has 11 heteroatoms. The lowest BCUT2D eigenvalue weighted by Gasteiger charge is -2.22. The third kappa shape index (κ3) is 6.58. The number of carbonyl (C=O) groups is 2. The Balaban J connectivity index is 1.01. The lowest BCUT2D eigenvalue weighted by Crippen LogP contribution is -2.38. The van der Waals surface area contributed by atoms with E-state index in [9.17, 15) is 14.7 Å². The molecule has 2 aromatic carbocycles. The molecule has 2 atom stereocenters. The summed E-state index contributed by atoms with van der Waals surface area (Å²) >= 11 is 0. The molecule has 0 radical (unpaired) electrons. The first kappa shape index (κ1) is 29.3. The monoisotopic (exact) mass is 595 g/mol. The van der Waals surface area contributed by atoms with E-state index in [1.54, 1.807) is 52.3 Å². The molecule has 2 amide bonds. The molecule has 4 heterocycles. The van der Waals surface area contributed by atoms with Gasteiger partial charge in [-0.3, -0.25) is 19.2 Å². The Bertz CT molecular complexity index is 1620. The van der Waals surface area contributed by atoms with Gasteiger partial charge < -0.3 is 25.8 Å². The molecule has 0 unspecified atom stereocenters. The Kier molecular flexibility index (Phi) is 8.58. The second-order valence-electron chi connectivity index (χ2n) is 11.5. The number of hydrogen-bond acceptors (Lipinski definition) is 8. The minimum Gasteiger partial charge on any atom is -0.457 e. The van der Waals surface area contributed by atoms with Gasteiger partial charge in [-0.25, -0.2) is 4.98 Å². The highest BCUT2D eigenvalue weighted by Crippen LogP contribution is 2.26. The van der Waals surface area contributed by atoms with Crippen molar-refractivity contribution in [3.05, 3.63) is 89.9 Å². The number of nitrogens with one attached hydrogen (secondary N) is 1. The molecule has 2 aliphatic rings. The molecule has 2 aromatic heterocycles. The second kappa shape index (κ2) is 12.9. The maximum atomic E-state index is 13.2. The van der Waals surface area contributed by atoms with Crippen molar-refractivity contribution < 1.29 is 19.4 Å². The van der Waals surface area contributed by atoms with Crippen molar-refractivity contribution in [3.8, 4) is 22.6 Å². The first-order chi connectivity index (χ1) is 21.4. The molecule has 0 aliphatic carbocycles. The second-order valence-corrected chi connectivity index (χ2v) is 11.5. The van der Waals surface area contributed by atoms with Gasteiger partial charge in [0.15, 0.2) is 0 Å². The minimum atomic E-state index is -0.319. The van der Waals surface area contributed by atoms with Gasteiger partial charge in [0.1, 0.15) is 17.3 Å². The van der Waals surface area contributed by atoms with Gasteiger partial charge in [-0.1, -0.05) is 12.1 Å². The van der Waals surface area contributed by atoms with Crippen molar-refractivity contribution in [1.82, 2.24) is 29.9 Å². The lowest BCUT2D eigenvalue weighted by molar-refractivity contribution is 0.0783. The topological polar surface area (TPSA) is 139 Å². The van der Waals surface area contributed by atoms with Crippen LogP contribution in [0.25, 0.3) is 11.1 Å². The summed E-state index contributed by atoms with van der Waals surface area (Å²) in [6.45, 7) is 2.96. The first-order valence-electron chi connectivity index (χ1n) is 14.9. The van der Waals surface area contributed by atoms with Crippen LogP contribution in [0.15, 0.2) is 73.2 Å². The summed E-state index contributed by atoms with van der Waals surface area (Å²) in [5.41, 5.74) is 9.65. The highest BCUT2D eigenvalue weighted by atomic mass is 16.5. The number of rotatable bonds is 9. The molecule has 0 spiro atoms. The Morgan fingerprint density at radius 3 is 2.48 bits per heavy atom. The summed E-state index contributed by atoms with van der Waals surface area (Å²) in [6, 6.07) is 16.8. The first-order valence-corrected chi connectivity index (χ1v) is 14.9. The van der Waals surface area contributed by atoms with Crippen molar-refractivity contribution in [3.63, 3.8) is 0 Å². The zero-order valence-corrected chi connectivity index (χ0v) is 24.7. The number of aryl methyl sites for hydroxylation is 1. The number of amides is 2. The zero-order valence-electron chi connectivity index (χ0n) is 24.7. The van der Waals surface area contributed by atoms with Gasteiger partial charge in [-0.2, -0.15) is 5.10 Å². The van der Waals surface area contributed by atoms with Crippen LogP contribution in [0.2, 0.25) is 0 Å². The molecule has 4 N–H and O–H groups in total. The van der Waals surface area contributed by atoms with Crippen LogP contribution >= 0.6 is 0 Å². The van der Waals surface area contributed by atoms with Crippen molar-refractivity contribution >= 4 is 17.6 Å². The lowest BCUT2D eigenvalue weighted by atomic mass is 10.1. The third-order valence-corrected chi connectivity index (χ3v) is 8.37. The SMILES string of the molecule is Cn1cc(-c2cnc(N)c(C(=O)N[C@@H]3CCN(C(=O)c4ccc(Oc5ccc(CN6CCC[C@@H]6CO)cc5)cc4)C3)c2)cn1. The number of benzene rings is 2. The molecule has 11 nitrogen and oxygen atoms in total. The maximum Gasteiger partial charge on any atom is 0.255 e. The highest BCUT2D eigenvalue weighted by molar-refractivity contribution is 6.00. The largest absolute Gasteiger partial charge is 0.457 e. The number of aromatic nitrogens is 3. The van der Waals surface area contributed by atoms with Crippen molar-refractivity contribution in [1.29, 1.82) is 0 Å². The van der Waals surface area contributed by atoms with E-state index >= 15 is 0 Å². The highest BCUT2D eigenvalue weighted by Gasteiger charge is 2.29. The van der Waals surface area contributed by atoms with Gasteiger partial charge in [0.25, 0.3) is 11.8 Å². The number of nitrogen functional groups attached to an aromatic ring is 1. The standard InChI is InChI=1S/C33H37N7O4/c1-38-19-25(17-36-38)24-15-30(31(34)35-16-24)32(42)37-26-12-14-40(20-26)33(43)23-6-10-29(11-7-23)44-28-8-4-22(5-9-28)18-39-13-2-3-27(39)21-41/h4-11,15-17,19,26-27,41H,2-3,12-14,18,20-21H2,1H3,(H2,34,35)(H,37,42)/t26-,27-/m1/s1.